The van der Waals surface area contributed by atoms with E-state index in [4.69, 9.17) is 16.0 Å². The predicted octanol–water partition coefficient (Wildman–Crippen LogP) is 6.25. The summed E-state index contributed by atoms with van der Waals surface area (Å²) in [7, 11) is 0. The second-order valence-corrected chi connectivity index (χ2v) is 7.91. The molecule has 0 aliphatic heterocycles. The summed E-state index contributed by atoms with van der Waals surface area (Å²) in [5.74, 6) is -2.14. The normalized spacial score (nSPS) is 11.4. The van der Waals surface area contributed by atoms with E-state index in [-0.39, 0.29) is 18.1 Å². The zero-order chi connectivity index (χ0) is 22.4. The smallest absolute Gasteiger partial charge is 0.303 e. The highest BCUT2D eigenvalue weighted by molar-refractivity contribution is 6.30. The van der Waals surface area contributed by atoms with E-state index in [1.54, 1.807) is 23.1 Å². The number of nitrogens with zero attached hydrogens (tertiary/aromatic N) is 2. The van der Waals surface area contributed by atoms with Crippen LogP contribution in [-0.4, -0.2) is 9.97 Å². The Labute approximate surface area is 185 Å². The van der Waals surface area contributed by atoms with Crippen molar-refractivity contribution in [3.63, 3.8) is 0 Å². The fourth-order valence-corrected chi connectivity index (χ4v) is 3.87. The third-order valence-electron chi connectivity index (χ3n) is 5.21. The molecule has 0 fully saturated rings. The molecule has 32 heavy (non-hydrogen) atoms. The van der Waals surface area contributed by atoms with Gasteiger partial charge in [-0.05, 0) is 60.5 Å². The van der Waals surface area contributed by atoms with Gasteiger partial charge in [0.05, 0.1) is 12.1 Å². The summed E-state index contributed by atoms with van der Waals surface area (Å²) in [4.78, 5) is 20.9. The first-order valence-corrected chi connectivity index (χ1v) is 10.2. The molecule has 0 bridgehead atoms. The van der Waals surface area contributed by atoms with Crippen LogP contribution in [0.2, 0.25) is 5.02 Å². The van der Waals surface area contributed by atoms with Crippen LogP contribution in [0.4, 0.5) is 20.5 Å². The number of nitrogens with one attached hydrogen (secondary N) is 1. The van der Waals surface area contributed by atoms with Crippen molar-refractivity contribution in [2.45, 2.75) is 13.5 Å². The third kappa shape index (κ3) is 3.61. The topological polar surface area (TPSA) is 62.1 Å². The van der Waals surface area contributed by atoms with Crippen LogP contribution in [0.1, 0.15) is 11.1 Å². The van der Waals surface area contributed by atoms with Crippen LogP contribution >= 0.6 is 11.6 Å². The van der Waals surface area contributed by atoms with Crippen LogP contribution in [-0.2, 0) is 6.54 Å². The Hall–Kier alpha value is -3.71. The lowest BCUT2D eigenvalue weighted by Crippen LogP contribution is -2.19. The number of aromatic amines is 1. The Morgan fingerprint density at radius 2 is 1.94 bits per heavy atom. The van der Waals surface area contributed by atoms with Crippen LogP contribution in [0.15, 0.2) is 69.9 Å². The SMILES string of the molecule is Cc1ccc2nc(N(Cc3cc(=O)[nH]c4c(F)c(F)ccc34)c3cccc(Cl)c3)oc2c1. The molecule has 3 aromatic carbocycles. The van der Waals surface area contributed by atoms with Crippen LogP contribution in [0.3, 0.4) is 0 Å². The summed E-state index contributed by atoms with van der Waals surface area (Å²) in [6.45, 7) is 2.06. The highest BCUT2D eigenvalue weighted by Crippen LogP contribution is 2.33. The molecule has 0 atom stereocenters. The van der Waals surface area contributed by atoms with Crippen molar-refractivity contribution in [1.82, 2.24) is 9.97 Å². The van der Waals surface area contributed by atoms with E-state index in [0.717, 1.165) is 11.6 Å². The first kappa shape index (κ1) is 20.2. The molecule has 8 heteroatoms. The molecule has 2 heterocycles. The van der Waals surface area contributed by atoms with Gasteiger partial charge in [-0.15, -0.1) is 0 Å². The molecule has 0 aliphatic carbocycles. The Balaban J connectivity index is 1.70. The van der Waals surface area contributed by atoms with Crippen molar-refractivity contribution in [2.75, 3.05) is 4.90 Å². The summed E-state index contributed by atoms with van der Waals surface area (Å²) in [6, 6.07) is 16.8. The molecule has 1 N–H and O–H groups in total. The number of rotatable bonds is 4. The first-order valence-electron chi connectivity index (χ1n) is 9.79. The molecule has 0 aliphatic rings. The van der Waals surface area contributed by atoms with Crippen molar-refractivity contribution in [2.24, 2.45) is 0 Å². The Kier molecular flexibility index (Phi) is 4.90. The zero-order valence-corrected chi connectivity index (χ0v) is 17.6. The molecule has 0 unspecified atom stereocenters. The van der Waals surface area contributed by atoms with E-state index in [2.05, 4.69) is 9.97 Å². The molecule has 2 aromatic heterocycles. The van der Waals surface area contributed by atoms with Gasteiger partial charge in [-0.1, -0.05) is 23.7 Å². The van der Waals surface area contributed by atoms with Crippen LogP contribution < -0.4 is 10.5 Å². The molecule has 5 nitrogen and oxygen atoms in total. The number of aryl methyl sites for hydroxylation is 1. The standard InChI is InChI=1S/C24H16ClF2N3O2/c1-13-5-8-19-20(9-13)32-24(28-19)30(16-4-2-3-15(25)11-16)12-14-10-21(31)29-23-17(14)6-7-18(26)22(23)27/h2-11H,12H2,1H3,(H,29,31). The lowest BCUT2D eigenvalue weighted by Gasteiger charge is -2.22. The van der Waals surface area contributed by atoms with Gasteiger partial charge in [-0.2, -0.15) is 4.98 Å². The van der Waals surface area contributed by atoms with Crippen molar-refractivity contribution in [1.29, 1.82) is 0 Å². The number of benzene rings is 3. The monoisotopic (exact) mass is 451 g/mol. The minimum atomic E-state index is -1.10. The fourth-order valence-electron chi connectivity index (χ4n) is 3.69. The van der Waals surface area contributed by atoms with E-state index in [1.807, 2.05) is 31.2 Å². The highest BCUT2D eigenvalue weighted by Gasteiger charge is 2.20. The predicted molar refractivity (Wildman–Crippen MR) is 121 cm³/mol. The van der Waals surface area contributed by atoms with E-state index >= 15 is 0 Å². The minimum Gasteiger partial charge on any atom is -0.423 e. The average Bonchev–Trinajstić information content (AvgIpc) is 3.17. The van der Waals surface area contributed by atoms with E-state index < -0.39 is 17.2 Å². The summed E-state index contributed by atoms with van der Waals surface area (Å²) < 4.78 is 34.1. The molecule has 0 spiro atoms. The largest absolute Gasteiger partial charge is 0.423 e. The first-order chi connectivity index (χ1) is 15.4. The summed E-state index contributed by atoms with van der Waals surface area (Å²) in [6.07, 6.45) is 0. The number of hydrogen-bond donors (Lipinski definition) is 1. The van der Waals surface area contributed by atoms with Gasteiger partial charge in [0.25, 0.3) is 0 Å². The molecule has 0 radical (unpaired) electrons. The maximum atomic E-state index is 14.4. The van der Waals surface area contributed by atoms with Crippen LogP contribution in [0, 0.1) is 18.6 Å². The molecular weight excluding hydrogens is 436 g/mol. The van der Waals surface area contributed by atoms with Gasteiger partial charge in [0.1, 0.15) is 5.52 Å². The maximum absolute atomic E-state index is 14.4. The Morgan fingerprint density at radius 1 is 1.09 bits per heavy atom. The van der Waals surface area contributed by atoms with Gasteiger partial charge < -0.3 is 9.40 Å². The lowest BCUT2D eigenvalue weighted by molar-refractivity contribution is 0.515. The molecule has 0 saturated carbocycles. The maximum Gasteiger partial charge on any atom is 0.303 e. The summed E-state index contributed by atoms with van der Waals surface area (Å²) in [5, 5.41) is 0.880. The van der Waals surface area contributed by atoms with Gasteiger partial charge in [0.2, 0.25) is 5.56 Å². The van der Waals surface area contributed by atoms with Gasteiger partial charge in [0, 0.05) is 22.2 Å². The van der Waals surface area contributed by atoms with Crippen molar-refractivity contribution < 1.29 is 13.2 Å². The molecule has 0 saturated heterocycles. The number of fused-ring (bicyclic) bond motifs is 2. The second kappa shape index (κ2) is 7.76. The molecule has 0 amide bonds. The minimum absolute atomic E-state index is 0.109. The number of oxazole rings is 1. The summed E-state index contributed by atoms with van der Waals surface area (Å²) >= 11 is 6.21. The fraction of sp³-hybridized carbons (Fsp3) is 0.0833. The van der Waals surface area contributed by atoms with E-state index in [1.165, 1.54) is 12.1 Å². The zero-order valence-electron chi connectivity index (χ0n) is 16.8. The van der Waals surface area contributed by atoms with Crippen molar-refractivity contribution in [3.8, 4) is 0 Å². The van der Waals surface area contributed by atoms with Crippen LogP contribution in [0.25, 0.3) is 22.0 Å². The lowest BCUT2D eigenvalue weighted by atomic mass is 10.1. The average molecular weight is 452 g/mol. The van der Waals surface area contributed by atoms with E-state index in [0.29, 0.717) is 32.8 Å². The molecule has 5 aromatic rings. The Morgan fingerprint density at radius 3 is 2.75 bits per heavy atom. The number of anilines is 2. The van der Waals surface area contributed by atoms with Gasteiger partial charge in [-0.3, -0.25) is 9.69 Å². The van der Waals surface area contributed by atoms with Gasteiger partial charge >= 0.3 is 6.01 Å². The number of pyridine rings is 1. The van der Waals surface area contributed by atoms with E-state index in [9.17, 15) is 13.6 Å². The van der Waals surface area contributed by atoms with Crippen molar-refractivity contribution >= 4 is 45.3 Å². The third-order valence-corrected chi connectivity index (χ3v) is 5.44. The molecule has 5 rings (SSSR count). The molecule has 160 valence electrons. The Bertz CT molecular complexity index is 1540. The van der Waals surface area contributed by atoms with Gasteiger partial charge in [-0.25, -0.2) is 8.78 Å². The quantitative estimate of drug-likeness (QED) is 0.351. The summed E-state index contributed by atoms with van der Waals surface area (Å²) in [5.41, 5.74) is 2.70. The number of aromatic nitrogens is 2. The number of hydrogen-bond acceptors (Lipinski definition) is 4. The van der Waals surface area contributed by atoms with Crippen molar-refractivity contribution in [3.05, 3.63) is 98.8 Å². The van der Waals surface area contributed by atoms with Gasteiger partial charge in [0.15, 0.2) is 17.2 Å². The number of H-pyrrole nitrogens is 1. The second-order valence-electron chi connectivity index (χ2n) is 7.48. The number of halogens is 3. The highest BCUT2D eigenvalue weighted by atomic mass is 35.5. The van der Waals surface area contributed by atoms with Crippen LogP contribution in [0.5, 0.6) is 0 Å². The molecular formula is C24H16ClF2N3O2.